The number of hydrogen-bond acceptors (Lipinski definition) is 5. The first-order valence-corrected chi connectivity index (χ1v) is 7.67. The molecule has 0 saturated heterocycles. The first-order chi connectivity index (χ1) is 10.3. The molecular formula is C15H14O6S. The Morgan fingerprint density at radius 1 is 1.09 bits per heavy atom. The van der Waals surface area contributed by atoms with Crippen molar-refractivity contribution in [3.05, 3.63) is 53.6 Å². The highest BCUT2D eigenvalue weighted by molar-refractivity contribution is 7.87. The molecule has 0 aromatic heterocycles. The van der Waals surface area contributed by atoms with E-state index in [2.05, 4.69) is 0 Å². The summed E-state index contributed by atoms with van der Waals surface area (Å²) < 4.78 is 34.4. The van der Waals surface area contributed by atoms with Gasteiger partial charge in [0.25, 0.3) is 0 Å². The van der Waals surface area contributed by atoms with Gasteiger partial charge in [-0.05, 0) is 31.2 Å². The van der Waals surface area contributed by atoms with Gasteiger partial charge in [0.2, 0.25) is 0 Å². The zero-order valence-corrected chi connectivity index (χ0v) is 12.8. The van der Waals surface area contributed by atoms with E-state index in [4.69, 9.17) is 14.0 Å². The van der Waals surface area contributed by atoms with Crippen LogP contribution in [0.1, 0.15) is 15.9 Å². The van der Waals surface area contributed by atoms with Gasteiger partial charge in [-0.15, -0.1) is 0 Å². The number of hydrogen-bond donors (Lipinski definition) is 1. The Hall–Kier alpha value is -2.54. The Labute approximate surface area is 128 Å². The molecular weight excluding hydrogens is 308 g/mol. The molecule has 0 aliphatic carbocycles. The van der Waals surface area contributed by atoms with Crippen LogP contribution in [-0.2, 0) is 10.1 Å². The molecule has 0 bridgehead atoms. The summed E-state index contributed by atoms with van der Waals surface area (Å²) >= 11 is 0. The topological polar surface area (TPSA) is 89.9 Å². The fourth-order valence-corrected chi connectivity index (χ4v) is 2.69. The maximum atomic E-state index is 12.2. The summed E-state index contributed by atoms with van der Waals surface area (Å²) in [5.41, 5.74) is 0.628. The summed E-state index contributed by atoms with van der Waals surface area (Å²) in [5, 5.41) is 9.12. The molecule has 2 aromatic rings. The van der Waals surface area contributed by atoms with Gasteiger partial charge in [-0.2, -0.15) is 8.42 Å². The highest BCUT2D eigenvalue weighted by atomic mass is 32.2. The van der Waals surface area contributed by atoms with Crippen molar-refractivity contribution in [1.29, 1.82) is 0 Å². The fraction of sp³-hybridized carbons (Fsp3) is 0.133. The summed E-state index contributed by atoms with van der Waals surface area (Å²) in [6.07, 6.45) is 0. The summed E-state index contributed by atoms with van der Waals surface area (Å²) in [7, 11) is -2.75. The van der Waals surface area contributed by atoms with Crippen molar-refractivity contribution in [3.8, 4) is 11.5 Å². The van der Waals surface area contributed by atoms with Crippen LogP contribution in [0.5, 0.6) is 11.5 Å². The fourth-order valence-electron chi connectivity index (χ4n) is 1.75. The normalized spacial score (nSPS) is 11.0. The predicted octanol–water partition coefficient (Wildman–Crippen LogP) is 2.47. The van der Waals surface area contributed by atoms with Crippen molar-refractivity contribution in [2.24, 2.45) is 0 Å². The molecule has 0 spiro atoms. The number of carbonyl (C=O) groups is 1. The number of carboxylic acid groups (broad SMARTS) is 1. The first-order valence-electron chi connectivity index (χ1n) is 6.26. The second-order valence-corrected chi connectivity index (χ2v) is 6.06. The number of carboxylic acids is 1. The minimum Gasteiger partial charge on any atom is -0.497 e. The van der Waals surface area contributed by atoms with Crippen LogP contribution in [0.2, 0.25) is 0 Å². The van der Waals surface area contributed by atoms with E-state index < -0.39 is 16.1 Å². The van der Waals surface area contributed by atoms with Crippen LogP contribution in [0.15, 0.2) is 47.4 Å². The lowest BCUT2D eigenvalue weighted by atomic mass is 10.2. The van der Waals surface area contributed by atoms with Crippen LogP contribution in [-0.4, -0.2) is 26.6 Å². The zero-order chi connectivity index (χ0) is 16.3. The van der Waals surface area contributed by atoms with Crippen LogP contribution in [0, 0.1) is 6.92 Å². The smallest absolute Gasteiger partial charge is 0.339 e. The molecule has 0 aliphatic rings. The molecule has 116 valence electrons. The molecule has 0 aliphatic heterocycles. The molecule has 2 aromatic carbocycles. The van der Waals surface area contributed by atoms with Gasteiger partial charge < -0.3 is 14.0 Å². The van der Waals surface area contributed by atoms with Gasteiger partial charge in [0.15, 0.2) is 5.75 Å². The van der Waals surface area contributed by atoms with Gasteiger partial charge in [-0.25, -0.2) is 4.79 Å². The van der Waals surface area contributed by atoms with Crippen molar-refractivity contribution in [2.45, 2.75) is 11.8 Å². The van der Waals surface area contributed by atoms with E-state index >= 15 is 0 Å². The molecule has 0 atom stereocenters. The molecule has 7 heteroatoms. The number of methoxy groups -OCH3 is 1. The lowest BCUT2D eigenvalue weighted by molar-refractivity contribution is 0.0695. The molecule has 0 fully saturated rings. The van der Waals surface area contributed by atoms with E-state index in [9.17, 15) is 13.2 Å². The molecule has 0 amide bonds. The first kappa shape index (κ1) is 15.8. The van der Waals surface area contributed by atoms with Crippen LogP contribution < -0.4 is 8.92 Å². The lowest BCUT2D eigenvalue weighted by Crippen LogP contribution is -2.12. The average Bonchev–Trinajstić information content (AvgIpc) is 2.46. The van der Waals surface area contributed by atoms with Crippen molar-refractivity contribution in [1.82, 2.24) is 0 Å². The van der Waals surface area contributed by atoms with E-state index in [1.54, 1.807) is 12.1 Å². The van der Waals surface area contributed by atoms with E-state index in [1.807, 2.05) is 6.92 Å². The van der Waals surface area contributed by atoms with E-state index in [0.29, 0.717) is 5.75 Å². The number of rotatable bonds is 5. The van der Waals surface area contributed by atoms with Gasteiger partial charge in [-0.3, -0.25) is 0 Å². The third-order valence-electron chi connectivity index (χ3n) is 2.93. The minimum atomic E-state index is -4.13. The van der Waals surface area contributed by atoms with Gasteiger partial charge in [0.1, 0.15) is 16.2 Å². The number of aryl methyl sites for hydroxylation is 1. The molecule has 1 N–H and O–H groups in total. The summed E-state index contributed by atoms with van der Waals surface area (Å²) in [5.74, 6) is -1.30. The van der Waals surface area contributed by atoms with Gasteiger partial charge in [0, 0.05) is 6.07 Å². The summed E-state index contributed by atoms with van der Waals surface area (Å²) in [4.78, 5) is 11.1. The summed E-state index contributed by atoms with van der Waals surface area (Å²) in [6.45, 7) is 1.82. The standard InChI is InChI=1S/C15H14O6S/c1-10-3-6-12(7-4-10)22(18,19)21-14-9-11(20-2)5-8-13(14)15(16)17/h3-9H,1-2H3,(H,16,17). The largest absolute Gasteiger partial charge is 0.497 e. The lowest BCUT2D eigenvalue weighted by Gasteiger charge is -2.11. The van der Waals surface area contributed by atoms with E-state index in [-0.39, 0.29) is 16.2 Å². The summed E-state index contributed by atoms with van der Waals surface area (Å²) in [6, 6.07) is 9.89. The van der Waals surface area contributed by atoms with Gasteiger partial charge in [-0.1, -0.05) is 17.7 Å². The molecule has 0 unspecified atom stereocenters. The van der Waals surface area contributed by atoms with Crippen molar-refractivity contribution in [2.75, 3.05) is 7.11 Å². The SMILES string of the molecule is COc1ccc(C(=O)O)c(OS(=O)(=O)c2ccc(C)cc2)c1. The second-order valence-electron chi connectivity index (χ2n) is 4.52. The Balaban J connectivity index is 2.44. The van der Waals surface area contributed by atoms with Gasteiger partial charge in [0.05, 0.1) is 7.11 Å². The van der Waals surface area contributed by atoms with Crippen LogP contribution in [0.3, 0.4) is 0 Å². The Morgan fingerprint density at radius 2 is 1.73 bits per heavy atom. The maximum absolute atomic E-state index is 12.2. The molecule has 0 saturated carbocycles. The van der Waals surface area contributed by atoms with Crippen LogP contribution in [0.25, 0.3) is 0 Å². The molecule has 0 heterocycles. The van der Waals surface area contributed by atoms with E-state index in [1.165, 1.54) is 37.4 Å². The number of benzene rings is 2. The number of aromatic carboxylic acids is 1. The third-order valence-corrected chi connectivity index (χ3v) is 4.18. The average molecular weight is 322 g/mol. The van der Waals surface area contributed by atoms with Gasteiger partial charge >= 0.3 is 16.1 Å². The molecule has 0 radical (unpaired) electrons. The van der Waals surface area contributed by atoms with E-state index in [0.717, 1.165) is 5.56 Å². The second kappa shape index (κ2) is 6.07. The minimum absolute atomic E-state index is 0.0581. The van der Waals surface area contributed by atoms with Crippen LogP contribution in [0.4, 0.5) is 0 Å². The molecule has 2 rings (SSSR count). The Morgan fingerprint density at radius 3 is 2.27 bits per heavy atom. The highest BCUT2D eigenvalue weighted by Gasteiger charge is 2.21. The highest BCUT2D eigenvalue weighted by Crippen LogP contribution is 2.28. The van der Waals surface area contributed by atoms with Crippen molar-refractivity contribution in [3.63, 3.8) is 0 Å². The Bertz CT molecular complexity index is 793. The third kappa shape index (κ3) is 3.37. The molecule has 22 heavy (non-hydrogen) atoms. The number of ether oxygens (including phenoxy) is 1. The quantitative estimate of drug-likeness (QED) is 0.851. The predicted molar refractivity (Wildman–Crippen MR) is 78.9 cm³/mol. The monoisotopic (exact) mass is 322 g/mol. The Kier molecular flexibility index (Phi) is 4.37. The zero-order valence-electron chi connectivity index (χ0n) is 11.9. The molecule has 6 nitrogen and oxygen atoms in total. The van der Waals surface area contributed by atoms with Crippen molar-refractivity contribution >= 4 is 16.1 Å². The van der Waals surface area contributed by atoms with Crippen LogP contribution >= 0.6 is 0 Å². The maximum Gasteiger partial charge on any atom is 0.339 e. The van der Waals surface area contributed by atoms with Crippen molar-refractivity contribution < 1.29 is 27.2 Å².